The summed E-state index contributed by atoms with van der Waals surface area (Å²) in [5, 5.41) is 9.52. The predicted octanol–water partition coefficient (Wildman–Crippen LogP) is 2.90. The average molecular weight is 269 g/mol. The fourth-order valence-corrected chi connectivity index (χ4v) is 1.50. The van der Waals surface area contributed by atoms with Crippen molar-refractivity contribution in [2.24, 2.45) is 0 Å². The minimum Gasteiger partial charge on any atom is -0.481 e. The van der Waals surface area contributed by atoms with Gasteiger partial charge in [0, 0.05) is 10.0 Å². The Balaban J connectivity index is 2.90. The van der Waals surface area contributed by atoms with E-state index in [2.05, 4.69) is 27.8 Å². The molecule has 0 aliphatic rings. The van der Waals surface area contributed by atoms with E-state index >= 15 is 0 Å². The van der Waals surface area contributed by atoms with Gasteiger partial charge in [0.2, 0.25) is 0 Å². The molecule has 3 heteroatoms. The lowest BCUT2D eigenvalue weighted by Crippen LogP contribution is -2.00. The molecule has 0 aromatic heterocycles. The van der Waals surface area contributed by atoms with Gasteiger partial charge in [0.1, 0.15) is 12.4 Å². The monoisotopic (exact) mass is 268 g/mol. The molecule has 0 bridgehead atoms. The first-order chi connectivity index (χ1) is 7.15. The van der Waals surface area contributed by atoms with Crippen LogP contribution in [-0.2, 0) is 0 Å². The Morgan fingerprint density at radius 1 is 1.53 bits per heavy atom. The minimum absolute atomic E-state index is 0.340. The van der Waals surface area contributed by atoms with Crippen molar-refractivity contribution >= 4 is 15.9 Å². The Morgan fingerprint density at radius 2 is 2.27 bits per heavy atom. The summed E-state index contributed by atoms with van der Waals surface area (Å²) in [7, 11) is 0. The minimum atomic E-state index is -0.539. The summed E-state index contributed by atoms with van der Waals surface area (Å²) < 4.78 is 6.38. The number of halogens is 1. The molecule has 0 aliphatic heterocycles. The zero-order valence-corrected chi connectivity index (χ0v) is 10.3. The summed E-state index contributed by atoms with van der Waals surface area (Å²) in [5.74, 6) is 6.23. The Morgan fingerprint density at radius 3 is 2.87 bits per heavy atom. The first-order valence-electron chi connectivity index (χ1n) is 4.65. The number of aliphatic hydroxyl groups is 1. The largest absolute Gasteiger partial charge is 0.481 e. The second-order valence-corrected chi connectivity index (χ2v) is 3.99. The number of ether oxygens (including phenoxy) is 1. The SMILES string of the molecule is CC#CCOc1cc(Br)ccc1[C@@H](C)O. The van der Waals surface area contributed by atoms with Crippen LogP contribution in [0.1, 0.15) is 25.5 Å². The van der Waals surface area contributed by atoms with Gasteiger partial charge in [0.15, 0.2) is 0 Å². The molecule has 0 aliphatic carbocycles. The molecular formula is C12H13BrO2. The van der Waals surface area contributed by atoms with Gasteiger partial charge < -0.3 is 9.84 Å². The number of hydrogen-bond donors (Lipinski definition) is 1. The van der Waals surface area contributed by atoms with Crippen LogP contribution < -0.4 is 4.74 Å². The van der Waals surface area contributed by atoms with Crippen molar-refractivity contribution in [2.45, 2.75) is 20.0 Å². The van der Waals surface area contributed by atoms with Crippen molar-refractivity contribution in [3.05, 3.63) is 28.2 Å². The van der Waals surface area contributed by atoms with Gasteiger partial charge in [0.25, 0.3) is 0 Å². The van der Waals surface area contributed by atoms with E-state index < -0.39 is 6.10 Å². The van der Waals surface area contributed by atoms with E-state index in [-0.39, 0.29) is 0 Å². The molecule has 1 aromatic rings. The van der Waals surface area contributed by atoms with Gasteiger partial charge in [-0.3, -0.25) is 0 Å². The normalized spacial score (nSPS) is 11.5. The molecule has 0 amide bonds. The first kappa shape index (κ1) is 12.1. The Labute approximate surface area is 98.4 Å². The van der Waals surface area contributed by atoms with Crippen molar-refractivity contribution in [2.75, 3.05) is 6.61 Å². The fraction of sp³-hybridized carbons (Fsp3) is 0.333. The van der Waals surface area contributed by atoms with Crippen molar-refractivity contribution in [1.82, 2.24) is 0 Å². The van der Waals surface area contributed by atoms with Crippen LogP contribution in [0.25, 0.3) is 0 Å². The lowest BCUT2D eigenvalue weighted by molar-refractivity contribution is 0.193. The fourth-order valence-electron chi connectivity index (χ4n) is 1.16. The van der Waals surface area contributed by atoms with E-state index in [1.54, 1.807) is 13.8 Å². The Hall–Kier alpha value is -0.980. The van der Waals surface area contributed by atoms with Gasteiger partial charge in [-0.2, -0.15) is 0 Å². The molecule has 0 heterocycles. The average Bonchev–Trinajstić information content (AvgIpc) is 2.18. The molecule has 0 spiro atoms. The van der Waals surface area contributed by atoms with Gasteiger partial charge in [-0.25, -0.2) is 0 Å². The molecule has 2 nitrogen and oxygen atoms in total. The molecule has 1 atom stereocenters. The summed E-state index contributed by atoms with van der Waals surface area (Å²) in [6.07, 6.45) is -0.539. The summed E-state index contributed by atoms with van der Waals surface area (Å²) in [6, 6.07) is 5.54. The molecule has 0 fully saturated rings. The third kappa shape index (κ3) is 3.58. The molecule has 0 saturated carbocycles. The Bertz CT molecular complexity index is 388. The summed E-state index contributed by atoms with van der Waals surface area (Å²) in [6.45, 7) is 3.81. The van der Waals surface area contributed by atoms with Crippen LogP contribution in [0.2, 0.25) is 0 Å². The molecule has 1 N–H and O–H groups in total. The maximum atomic E-state index is 9.52. The van der Waals surface area contributed by atoms with E-state index in [0.717, 1.165) is 10.0 Å². The van der Waals surface area contributed by atoms with E-state index in [1.165, 1.54) is 0 Å². The maximum absolute atomic E-state index is 9.52. The number of rotatable bonds is 3. The quantitative estimate of drug-likeness (QED) is 0.855. The highest BCUT2D eigenvalue weighted by molar-refractivity contribution is 9.10. The highest BCUT2D eigenvalue weighted by Gasteiger charge is 2.08. The second-order valence-electron chi connectivity index (χ2n) is 3.07. The van der Waals surface area contributed by atoms with Crippen LogP contribution in [-0.4, -0.2) is 11.7 Å². The highest BCUT2D eigenvalue weighted by Crippen LogP contribution is 2.28. The molecule has 0 radical (unpaired) electrons. The molecule has 15 heavy (non-hydrogen) atoms. The Kier molecular flexibility index (Phi) is 4.67. The third-order valence-electron chi connectivity index (χ3n) is 1.90. The third-order valence-corrected chi connectivity index (χ3v) is 2.40. The van der Waals surface area contributed by atoms with E-state index in [4.69, 9.17) is 4.74 Å². The van der Waals surface area contributed by atoms with Crippen LogP contribution in [0, 0.1) is 11.8 Å². The van der Waals surface area contributed by atoms with Gasteiger partial charge in [-0.15, -0.1) is 5.92 Å². The van der Waals surface area contributed by atoms with E-state index in [1.807, 2.05) is 18.2 Å². The number of benzene rings is 1. The predicted molar refractivity (Wildman–Crippen MR) is 63.7 cm³/mol. The van der Waals surface area contributed by atoms with E-state index in [0.29, 0.717) is 12.4 Å². The van der Waals surface area contributed by atoms with Gasteiger partial charge in [-0.05, 0) is 26.0 Å². The summed E-state index contributed by atoms with van der Waals surface area (Å²) in [4.78, 5) is 0. The maximum Gasteiger partial charge on any atom is 0.149 e. The lowest BCUT2D eigenvalue weighted by atomic mass is 10.1. The zero-order chi connectivity index (χ0) is 11.3. The van der Waals surface area contributed by atoms with Crippen molar-refractivity contribution in [3.63, 3.8) is 0 Å². The molecule has 1 aromatic carbocycles. The van der Waals surface area contributed by atoms with Crippen molar-refractivity contribution in [3.8, 4) is 17.6 Å². The van der Waals surface area contributed by atoms with Crippen LogP contribution in [0.4, 0.5) is 0 Å². The lowest BCUT2D eigenvalue weighted by Gasteiger charge is -2.12. The highest BCUT2D eigenvalue weighted by atomic mass is 79.9. The van der Waals surface area contributed by atoms with Crippen molar-refractivity contribution < 1.29 is 9.84 Å². The molecule has 0 unspecified atom stereocenters. The van der Waals surface area contributed by atoms with Crippen LogP contribution in [0.5, 0.6) is 5.75 Å². The topological polar surface area (TPSA) is 29.5 Å². The second kappa shape index (κ2) is 5.79. The molecular weight excluding hydrogens is 256 g/mol. The van der Waals surface area contributed by atoms with Gasteiger partial charge in [-0.1, -0.05) is 27.9 Å². The first-order valence-corrected chi connectivity index (χ1v) is 5.44. The van der Waals surface area contributed by atoms with Crippen LogP contribution >= 0.6 is 15.9 Å². The number of hydrogen-bond acceptors (Lipinski definition) is 2. The van der Waals surface area contributed by atoms with Crippen molar-refractivity contribution in [1.29, 1.82) is 0 Å². The van der Waals surface area contributed by atoms with Crippen LogP contribution in [0.15, 0.2) is 22.7 Å². The smallest absolute Gasteiger partial charge is 0.149 e. The number of aliphatic hydroxyl groups excluding tert-OH is 1. The van der Waals surface area contributed by atoms with Gasteiger partial charge in [0.05, 0.1) is 6.10 Å². The standard InChI is InChI=1S/C12H13BrO2/c1-3-4-7-15-12-8-10(13)5-6-11(12)9(2)14/h5-6,8-9,14H,7H2,1-2H3/t9-/m1/s1. The van der Waals surface area contributed by atoms with Crippen LogP contribution in [0.3, 0.4) is 0 Å². The van der Waals surface area contributed by atoms with Gasteiger partial charge >= 0.3 is 0 Å². The van der Waals surface area contributed by atoms with E-state index in [9.17, 15) is 5.11 Å². The molecule has 1 rings (SSSR count). The summed E-state index contributed by atoms with van der Waals surface area (Å²) in [5.41, 5.74) is 0.774. The summed E-state index contributed by atoms with van der Waals surface area (Å²) >= 11 is 3.36. The molecule has 0 saturated heterocycles. The zero-order valence-electron chi connectivity index (χ0n) is 8.75. The molecule has 80 valence electrons.